The van der Waals surface area contributed by atoms with Crippen LogP contribution < -0.4 is 10.6 Å². The molecular formula is C19H23N5O4. The lowest BCUT2D eigenvalue weighted by Gasteiger charge is -2.28. The Hall–Kier alpha value is -3.20. The standard InChI is InChI=1S/C19H23N5O4/c1-22-10-4-5-16(22)17(23-11-2-3-12-23)13-20-18(25)19(26)21-14-6-8-15(9-7-14)24(27)28/h4-10,17H,2-3,11-13H2,1H3,(H,20,25)(H,21,26). The van der Waals surface area contributed by atoms with Gasteiger partial charge in [-0.1, -0.05) is 0 Å². The molecule has 0 bridgehead atoms. The van der Waals surface area contributed by atoms with Crippen LogP contribution >= 0.6 is 0 Å². The number of aryl methyl sites for hydroxylation is 1. The van der Waals surface area contributed by atoms with E-state index in [0.29, 0.717) is 12.2 Å². The molecule has 28 heavy (non-hydrogen) atoms. The molecule has 2 N–H and O–H groups in total. The van der Waals surface area contributed by atoms with Gasteiger partial charge < -0.3 is 15.2 Å². The van der Waals surface area contributed by atoms with Gasteiger partial charge in [0.15, 0.2) is 0 Å². The van der Waals surface area contributed by atoms with Gasteiger partial charge >= 0.3 is 11.8 Å². The summed E-state index contributed by atoms with van der Waals surface area (Å²) in [6, 6.07) is 9.30. The van der Waals surface area contributed by atoms with E-state index in [0.717, 1.165) is 31.6 Å². The molecule has 1 aliphatic rings. The Morgan fingerprint density at radius 3 is 2.39 bits per heavy atom. The van der Waals surface area contributed by atoms with Crippen LogP contribution in [-0.4, -0.2) is 45.8 Å². The van der Waals surface area contributed by atoms with E-state index in [1.165, 1.54) is 24.3 Å². The molecule has 1 aromatic heterocycles. The molecule has 9 nitrogen and oxygen atoms in total. The molecule has 0 radical (unpaired) electrons. The van der Waals surface area contributed by atoms with E-state index >= 15 is 0 Å². The Morgan fingerprint density at radius 1 is 1.14 bits per heavy atom. The smallest absolute Gasteiger partial charge is 0.313 e. The second-order valence-electron chi connectivity index (χ2n) is 6.77. The summed E-state index contributed by atoms with van der Waals surface area (Å²) >= 11 is 0. The second kappa shape index (κ2) is 8.66. The SMILES string of the molecule is Cn1cccc1C(CNC(=O)C(=O)Nc1ccc([N+](=O)[O-])cc1)N1CCCC1. The van der Waals surface area contributed by atoms with Gasteiger partial charge in [-0.25, -0.2) is 0 Å². The van der Waals surface area contributed by atoms with Crippen LogP contribution in [-0.2, 0) is 16.6 Å². The molecule has 0 spiro atoms. The van der Waals surface area contributed by atoms with Gasteiger partial charge in [-0.15, -0.1) is 0 Å². The summed E-state index contributed by atoms with van der Waals surface area (Å²) in [7, 11) is 1.96. The first-order valence-electron chi connectivity index (χ1n) is 9.14. The fraction of sp³-hybridized carbons (Fsp3) is 0.368. The third-order valence-corrected chi connectivity index (χ3v) is 4.90. The molecule has 1 aromatic carbocycles. The summed E-state index contributed by atoms with van der Waals surface area (Å²) in [5.41, 5.74) is 1.32. The number of hydrogen-bond acceptors (Lipinski definition) is 5. The molecule has 1 saturated heterocycles. The van der Waals surface area contributed by atoms with Crippen LogP contribution in [0.4, 0.5) is 11.4 Å². The van der Waals surface area contributed by atoms with E-state index < -0.39 is 16.7 Å². The first-order valence-corrected chi connectivity index (χ1v) is 9.14. The van der Waals surface area contributed by atoms with E-state index in [9.17, 15) is 19.7 Å². The highest BCUT2D eigenvalue weighted by Gasteiger charge is 2.26. The summed E-state index contributed by atoms with van der Waals surface area (Å²) in [6.45, 7) is 2.24. The van der Waals surface area contributed by atoms with Gasteiger partial charge in [0, 0.05) is 43.3 Å². The van der Waals surface area contributed by atoms with Crippen molar-refractivity contribution >= 4 is 23.2 Å². The Labute approximate surface area is 162 Å². The number of likely N-dealkylation sites (tertiary alicyclic amines) is 1. The van der Waals surface area contributed by atoms with Crippen LogP contribution in [0.3, 0.4) is 0 Å². The summed E-state index contributed by atoms with van der Waals surface area (Å²) in [4.78, 5) is 36.8. The average Bonchev–Trinajstić information content (AvgIpc) is 3.35. The summed E-state index contributed by atoms with van der Waals surface area (Å²) < 4.78 is 2.02. The molecule has 9 heteroatoms. The maximum atomic E-state index is 12.2. The number of hydrogen-bond donors (Lipinski definition) is 2. The predicted molar refractivity (Wildman–Crippen MR) is 104 cm³/mol. The highest BCUT2D eigenvalue weighted by atomic mass is 16.6. The molecule has 1 unspecified atom stereocenters. The highest BCUT2D eigenvalue weighted by Crippen LogP contribution is 2.24. The minimum Gasteiger partial charge on any atom is -0.353 e. The van der Waals surface area contributed by atoms with Gasteiger partial charge in [0.2, 0.25) is 0 Å². The van der Waals surface area contributed by atoms with Crippen molar-refractivity contribution in [2.24, 2.45) is 7.05 Å². The monoisotopic (exact) mass is 385 g/mol. The Morgan fingerprint density at radius 2 is 1.82 bits per heavy atom. The van der Waals surface area contributed by atoms with Crippen molar-refractivity contribution in [3.05, 3.63) is 58.4 Å². The summed E-state index contributed by atoms with van der Waals surface area (Å²) in [6.07, 6.45) is 4.20. The number of non-ortho nitro benzene ring substituents is 1. The number of nitrogens with one attached hydrogen (secondary N) is 2. The first-order chi connectivity index (χ1) is 13.5. The van der Waals surface area contributed by atoms with Crippen molar-refractivity contribution in [1.82, 2.24) is 14.8 Å². The van der Waals surface area contributed by atoms with Crippen LogP contribution in [0.15, 0.2) is 42.6 Å². The summed E-state index contributed by atoms with van der Waals surface area (Å²) in [5.74, 6) is -1.54. The number of nitrogens with zero attached hydrogens (tertiary/aromatic N) is 3. The van der Waals surface area contributed by atoms with Crippen LogP contribution in [0.2, 0.25) is 0 Å². The maximum absolute atomic E-state index is 12.2. The van der Waals surface area contributed by atoms with E-state index in [1.54, 1.807) is 0 Å². The number of carbonyl (C=O) groups is 2. The molecule has 0 saturated carbocycles. The van der Waals surface area contributed by atoms with Gasteiger partial charge in [-0.05, 0) is 50.2 Å². The van der Waals surface area contributed by atoms with Crippen molar-refractivity contribution in [1.29, 1.82) is 0 Å². The van der Waals surface area contributed by atoms with Gasteiger partial charge in [0.05, 0.1) is 11.0 Å². The van der Waals surface area contributed by atoms with Crippen molar-refractivity contribution in [2.75, 3.05) is 25.0 Å². The van der Waals surface area contributed by atoms with E-state index in [-0.39, 0.29) is 11.7 Å². The normalized spacial score (nSPS) is 15.2. The van der Waals surface area contributed by atoms with E-state index in [1.807, 2.05) is 29.9 Å². The minimum absolute atomic E-state index is 0.00127. The number of benzene rings is 1. The third kappa shape index (κ3) is 4.55. The van der Waals surface area contributed by atoms with Crippen molar-refractivity contribution in [3.8, 4) is 0 Å². The zero-order valence-electron chi connectivity index (χ0n) is 15.6. The maximum Gasteiger partial charge on any atom is 0.313 e. The largest absolute Gasteiger partial charge is 0.353 e. The molecule has 1 atom stereocenters. The number of nitro benzene ring substituents is 1. The molecule has 3 rings (SSSR count). The first kappa shape index (κ1) is 19.6. The van der Waals surface area contributed by atoms with Gasteiger partial charge in [-0.3, -0.25) is 24.6 Å². The topological polar surface area (TPSA) is 110 Å². The summed E-state index contributed by atoms with van der Waals surface area (Å²) in [5, 5.41) is 15.8. The number of nitro groups is 1. The van der Waals surface area contributed by atoms with E-state index in [2.05, 4.69) is 15.5 Å². The fourth-order valence-corrected chi connectivity index (χ4v) is 3.42. The van der Waals surface area contributed by atoms with Gasteiger partial charge in [0.1, 0.15) is 0 Å². The second-order valence-corrected chi connectivity index (χ2v) is 6.77. The molecule has 2 amide bonds. The van der Waals surface area contributed by atoms with E-state index in [4.69, 9.17) is 0 Å². The van der Waals surface area contributed by atoms with Crippen LogP contribution in [0.5, 0.6) is 0 Å². The predicted octanol–water partition coefficient (Wildman–Crippen LogP) is 1.83. The minimum atomic E-state index is -0.805. The Bertz CT molecular complexity index is 855. The Kier molecular flexibility index (Phi) is 6.05. The van der Waals surface area contributed by atoms with Gasteiger partial charge in [0.25, 0.3) is 5.69 Å². The van der Waals surface area contributed by atoms with Crippen LogP contribution in [0, 0.1) is 10.1 Å². The molecule has 1 aliphatic heterocycles. The molecule has 1 fully saturated rings. The van der Waals surface area contributed by atoms with Crippen molar-refractivity contribution in [3.63, 3.8) is 0 Å². The highest BCUT2D eigenvalue weighted by molar-refractivity contribution is 6.39. The zero-order valence-corrected chi connectivity index (χ0v) is 15.6. The number of aromatic nitrogens is 1. The van der Waals surface area contributed by atoms with Crippen LogP contribution in [0.1, 0.15) is 24.6 Å². The lowest BCUT2D eigenvalue weighted by atomic mass is 10.1. The number of anilines is 1. The molecule has 2 aromatic rings. The average molecular weight is 385 g/mol. The lowest BCUT2D eigenvalue weighted by molar-refractivity contribution is -0.384. The van der Waals surface area contributed by atoms with Gasteiger partial charge in [-0.2, -0.15) is 0 Å². The fourth-order valence-electron chi connectivity index (χ4n) is 3.42. The van der Waals surface area contributed by atoms with Crippen molar-refractivity contribution in [2.45, 2.75) is 18.9 Å². The zero-order chi connectivity index (χ0) is 20.1. The number of carbonyl (C=O) groups excluding carboxylic acids is 2. The number of amides is 2. The Balaban J connectivity index is 1.60. The molecule has 2 heterocycles. The lowest BCUT2D eigenvalue weighted by Crippen LogP contribution is -2.41. The molecule has 0 aliphatic carbocycles. The molecule has 148 valence electrons. The molecular weight excluding hydrogens is 362 g/mol. The quantitative estimate of drug-likeness (QED) is 0.448. The van der Waals surface area contributed by atoms with Crippen LogP contribution in [0.25, 0.3) is 0 Å². The third-order valence-electron chi connectivity index (χ3n) is 4.90. The van der Waals surface area contributed by atoms with Crippen molar-refractivity contribution < 1.29 is 14.5 Å². The number of rotatable bonds is 6.